The number of nitrogens with zero attached hydrogens (tertiary/aromatic N) is 1. The largest absolute Gasteiger partial charge is 0.481 e. The van der Waals surface area contributed by atoms with Crippen molar-refractivity contribution in [3.8, 4) is 0 Å². The molecule has 1 rings (SSSR count). The van der Waals surface area contributed by atoms with Crippen molar-refractivity contribution in [2.24, 2.45) is 0 Å². The lowest BCUT2D eigenvalue weighted by Gasteiger charge is -1.99. The SMILES string of the molecule is Cc1nc(CS(=O)(=O)CCC(=O)O)cs1. The normalized spacial score (nSPS) is 11.5. The maximum Gasteiger partial charge on any atom is 0.304 e. The average molecular weight is 249 g/mol. The number of rotatable bonds is 5. The van der Waals surface area contributed by atoms with Gasteiger partial charge in [0, 0.05) is 5.38 Å². The van der Waals surface area contributed by atoms with Gasteiger partial charge < -0.3 is 5.11 Å². The summed E-state index contributed by atoms with van der Waals surface area (Å²) < 4.78 is 22.8. The highest BCUT2D eigenvalue weighted by Gasteiger charge is 2.15. The summed E-state index contributed by atoms with van der Waals surface area (Å²) in [6.45, 7) is 1.79. The Balaban J connectivity index is 2.60. The van der Waals surface area contributed by atoms with Gasteiger partial charge in [0.05, 0.1) is 28.6 Å². The molecule has 84 valence electrons. The molecule has 1 heterocycles. The zero-order valence-electron chi connectivity index (χ0n) is 8.13. The molecule has 1 N–H and O–H groups in total. The molecule has 0 aliphatic carbocycles. The van der Waals surface area contributed by atoms with Gasteiger partial charge in [0.1, 0.15) is 0 Å². The monoisotopic (exact) mass is 249 g/mol. The van der Waals surface area contributed by atoms with Crippen LogP contribution >= 0.6 is 11.3 Å². The quantitative estimate of drug-likeness (QED) is 0.836. The van der Waals surface area contributed by atoms with Gasteiger partial charge in [0.15, 0.2) is 9.84 Å². The molecule has 0 bridgehead atoms. The second-order valence-electron chi connectivity index (χ2n) is 3.09. The first kappa shape index (κ1) is 12.1. The van der Waals surface area contributed by atoms with E-state index in [9.17, 15) is 13.2 Å². The van der Waals surface area contributed by atoms with Crippen LogP contribution in [0.2, 0.25) is 0 Å². The highest BCUT2D eigenvalue weighted by molar-refractivity contribution is 7.90. The van der Waals surface area contributed by atoms with Crippen LogP contribution in [0.1, 0.15) is 17.1 Å². The Morgan fingerprint density at radius 1 is 1.60 bits per heavy atom. The third kappa shape index (κ3) is 4.39. The predicted octanol–water partition coefficient (Wildman–Crippen LogP) is 0.841. The number of aliphatic carboxylic acids is 1. The van der Waals surface area contributed by atoms with E-state index >= 15 is 0 Å². The van der Waals surface area contributed by atoms with Crippen molar-refractivity contribution in [1.29, 1.82) is 0 Å². The van der Waals surface area contributed by atoms with E-state index in [2.05, 4.69) is 4.98 Å². The van der Waals surface area contributed by atoms with Gasteiger partial charge in [-0.2, -0.15) is 0 Å². The lowest BCUT2D eigenvalue weighted by molar-refractivity contribution is -0.136. The molecule has 0 fully saturated rings. The van der Waals surface area contributed by atoms with Crippen molar-refractivity contribution in [2.45, 2.75) is 19.1 Å². The van der Waals surface area contributed by atoms with Crippen molar-refractivity contribution in [3.63, 3.8) is 0 Å². The summed E-state index contributed by atoms with van der Waals surface area (Å²) in [4.78, 5) is 14.2. The molecule has 1 aromatic rings. The summed E-state index contributed by atoms with van der Waals surface area (Å²) in [5.41, 5.74) is 0.489. The van der Waals surface area contributed by atoms with E-state index in [0.717, 1.165) is 5.01 Å². The van der Waals surface area contributed by atoms with Crippen LogP contribution in [0.5, 0.6) is 0 Å². The standard InChI is InChI=1S/C8H11NO4S2/c1-6-9-7(4-14-6)5-15(12,13)3-2-8(10)11/h4H,2-3,5H2,1H3,(H,10,11). The molecule has 0 saturated heterocycles. The van der Waals surface area contributed by atoms with Gasteiger partial charge in [0.25, 0.3) is 0 Å². The lowest BCUT2D eigenvalue weighted by Crippen LogP contribution is -2.13. The number of carboxylic acid groups (broad SMARTS) is 1. The fraction of sp³-hybridized carbons (Fsp3) is 0.500. The number of hydrogen-bond acceptors (Lipinski definition) is 5. The van der Waals surface area contributed by atoms with Crippen molar-refractivity contribution in [3.05, 3.63) is 16.1 Å². The fourth-order valence-corrected chi connectivity index (χ4v) is 2.96. The zero-order chi connectivity index (χ0) is 11.5. The average Bonchev–Trinajstić information content (AvgIpc) is 2.47. The Morgan fingerprint density at radius 3 is 2.73 bits per heavy atom. The Labute approximate surface area is 91.7 Å². The minimum atomic E-state index is -3.35. The van der Waals surface area contributed by atoms with E-state index in [-0.39, 0.29) is 17.9 Å². The van der Waals surface area contributed by atoms with Crippen LogP contribution in [-0.2, 0) is 20.4 Å². The molecule has 0 aliphatic heterocycles. The van der Waals surface area contributed by atoms with Gasteiger partial charge in [-0.15, -0.1) is 11.3 Å². The number of sulfone groups is 1. The van der Waals surface area contributed by atoms with Gasteiger partial charge in [-0.3, -0.25) is 4.79 Å². The minimum Gasteiger partial charge on any atom is -0.481 e. The van der Waals surface area contributed by atoms with Crippen molar-refractivity contribution in [1.82, 2.24) is 4.98 Å². The maximum atomic E-state index is 11.4. The summed E-state index contributed by atoms with van der Waals surface area (Å²) in [5, 5.41) is 10.8. The van der Waals surface area contributed by atoms with E-state index in [1.165, 1.54) is 11.3 Å². The third-order valence-electron chi connectivity index (χ3n) is 1.66. The Hall–Kier alpha value is -0.950. The molecule has 5 nitrogen and oxygen atoms in total. The number of carboxylic acids is 1. The van der Waals surface area contributed by atoms with Crippen LogP contribution in [0.15, 0.2) is 5.38 Å². The topological polar surface area (TPSA) is 84.3 Å². The third-order valence-corrected chi connectivity index (χ3v) is 4.05. The van der Waals surface area contributed by atoms with Gasteiger partial charge in [-0.1, -0.05) is 0 Å². The first-order valence-corrected chi connectivity index (χ1v) is 6.92. The van der Waals surface area contributed by atoms with Crippen LogP contribution in [0, 0.1) is 6.92 Å². The number of hydrogen-bond donors (Lipinski definition) is 1. The summed E-state index contributed by atoms with van der Waals surface area (Å²) in [5.74, 6) is -1.61. The van der Waals surface area contributed by atoms with Crippen LogP contribution in [-0.4, -0.2) is 30.2 Å². The molecule has 0 aromatic carbocycles. The summed E-state index contributed by atoms with van der Waals surface area (Å²) >= 11 is 1.38. The second kappa shape index (κ2) is 4.71. The molecule has 0 unspecified atom stereocenters. The number of aromatic nitrogens is 1. The molecule has 0 amide bonds. The second-order valence-corrected chi connectivity index (χ2v) is 6.34. The van der Waals surface area contributed by atoms with Crippen molar-refractivity contribution in [2.75, 3.05) is 5.75 Å². The first-order valence-electron chi connectivity index (χ1n) is 4.22. The minimum absolute atomic E-state index is 0.176. The highest BCUT2D eigenvalue weighted by Crippen LogP contribution is 2.11. The van der Waals surface area contributed by atoms with Crippen LogP contribution in [0.3, 0.4) is 0 Å². The molecular formula is C8H11NO4S2. The van der Waals surface area contributed by atoms with E-state index < -0.39 is 15.8 Å². The molecule has 0 saturated carbocycles. The highest BCUT2D eigenvalue weighted by atomic mass is 32.2. The zero-order valence-corrected chi connectivity index (χ0v) is 9.77. The van der Waals surface area contributed by atoms with Gasteiger partial charge in [0.2, 0.25) is 0 Å². The van der Waals surface area contributed by atoms with E-state index in [0.29, 0.717) is 5.69 Å². The van der Waals surface area contributed by atoms with Crippen molar-refractivity contribution >= 4 is 27.1 Å². The molecule has 0 spiro atoms. The number of thiazole rings is 1. The number of aryl methyl sites for hydroxylation is 1. The van der Waals surface area contributed by atoms with Gasteiger partial charge in [-0.25, -0.2) is 13.4 Å². The van der Waals surface area contributed by atoms with Crippen molar-refractivity contribution < 1.29 is 18.3 Å². The van der Waals surface area contributed by atoms with E-state index in [4.69, 9.17) is 5.11 Å². The molecular weight excluding hydrogens is 238 g/mol. The maximum absolute atomic E-state index is 11.4. The van der Waals surface area contributed by atoms with Crippen LogP contribution in [0.4, 0.5) is 0 Å². The fourth-order valence-electron chi connectivity index (χ4n) is 1.01. The summed E-state index contributed by atoms with van der Waals surface area (Å²) in [7, 11) is -3.35. The Kier molecular flexibility index (Phi) is 3.81. The molecule has 0 atom stereocenters. The van der Waals surface area contributed by atoms with Crippen LogP contribution < -0.4 is 0 Å². The van der Waals surface area contributed by atoms with E-state index in [1.54, 1.807) is 12.3 Å². The summed E-state index contributed by atoms with van der Waals surface area (Å²) in [6.07, 6.45) is -0.356. The number of carbonyl (C=O) groups is 1. The molecule has 0 aliphatic rings. The van der Waals surface area contributed by atoms with Crippen LogP contribution in [0.25, 0.3) is 0 Å². The lowest BCUT2D eigenvalue weighted by atomic mass is 10.5. The predicted molar refractivity (Wildman–Crippen MR) is 56.6 cm³/mol. The Morgan fingerprint density at radius 2 is 2.27 bits per heavy atom. The van der Waals surface area contributed by atoms with E-state index in [1.807, 2.05) is 0 Å². The van der Waals surface area contributed by atoms with Gasteiger partial charge in [-0.05, 0) is 6.92 Å². The Bertz CT molecular complexity index is 449. The molecule has 1 aromatic heterocycles. The molecule has 0 radical (unpaired) electrons. The first-order chi connectivity index (χ1) is 6.89. The summed E-state index contributed by atoms with van der Waals surface area (Å²) in [6, 6.07) is 0. The molecule has 7 heteroatoms. The van der Waals surface area contributed by atoms with Gasteiger partial charge >= 0.3 is 5.97 Å². The smallest absolute Gasteiger partial charge is 0.304 e. The molecule has 15 heavy (non-hydrogen) atoms.